The number of carbonyl (C=O) groups is 4. The lowest BCUT2D eigenvalue weighted by molar-refractivity contribution is -0.202. The number of aliphatic hydroxyl groups excluding tert-OH is 4. The van der Waals surface area contributed by atoms with Gasteiger partial charge in [0.15, 0.2) is 0 Å². The number of anilines is 1. The number of aliphatic hydroxyl groups is 4. The molecule has 0 heterocycles. The predicted molar refractivity (Wildman–Crippen MR) is 310 cm³/mol. The number of rotatable bonds is 18. The molecule has 8 aliphatic carbocycles. The van der Waals surface area contributed by atoms with Crippen LogP contribution >= 0.6 is 0 Å². The molecule has 0 radical (unpaired) electrons. The van der Waals surface area contributed by atoms with Crippen molar-refractivity contribution >= 4 is 40.1 Å². The SMILES string of the molecule is C[C@H](CCC(=O)NCCCC(=O)N[C@@H]1CC[C@@]2(C)[C@@H](C1)C[C@@H](O)[C@@H]1[C@@H]2C[C@H](O)[C@]2(C)[C@@H]([C@H](C)CCC(=O)Nc3cccc4ccccc34)CC[C@@H]12)[C@H]1CC[C@H]2[C@@H]3[C@H](O)C[C@@H]4C[C@H](NC(=O)CCCN)CC[C@]4(C)[C@H]3C[C@H](O)[C@]12C. The first-order valence-corrected chi connectivity index (χ1v) is 31.8. The van der Waals surface area contributed by atoms with E-state index >= 15 is 0 Å². The van der Waals surface area contributed by atoms with Gasteiger partial charge < -0.3 is 47.4 Å². The first kappa shape index (κ1) is 58.6. The Labute approximate surface area is 472 Å². The molecule has 13 heteroatoms. The summed E-state index contributed by atoms with van der Waals surface area (Å²) in [5.41, 5.74) is 5.84. The molecule has 8 aliphatic rings. The summed E-state index contributed by atoms with van der Waals surface area (Å²) in [5, 5.41) is 63.5. The van der Waals surface area contributed by atoms with Crippen LogP contribution in [-0.2, 0) is 19.2 Å². The Bertz CT molecular complexity index is 2500. The quantitative estimate of drug-likeness (QED) is 0.0648. The van der Waals surface area contributed by atoms with Crippen molar-refractivity contribution in [2.24, 2.45) is 98.4 Å². The minimum absolute atomic E-state index is 0.00173. The zero-order chi connectivity index (χ0) is 56.2. The second-order valence-corrected chi connectivity index (χ2v) is 28.7. The van der Waals surface area contributed by atoms with E-state index in [9.17, 15) is 39.6 Å². The van der Waals surface area contributed by atoms with Crippen LogP contribution < -0.4 is 27.0 Å². The summed E-state index contributed by atoms with van der Waals surface area (Å²) < 4.78 is 0. The van der Waals surface area contributed by atoms with Gasteiger partial charge in [-0.1, -0.05) is 77.9 Å². The fraction of sp³-hybridized carbons (Fsp3) is 0.788. The zero-order valence-electron chi connectivity index (χ0n) is 48.9. The number of nitrogens with two attached hydrogens (primary N) is 1. The highest BCUT2D eigenvalue weighted by molar-refractivity contribution is 6.02. The number of nitrogens with one attached hydrogen (secondary N) is 4. The largest absolute Gasteiger partial charge is 0.393 e. The molecule has 8 saturated carbocycles. The summed E-state index contributed by atoms with van der Waals surface area (Å²) in [6, 6.07) is 14.3. The van der Waals surface area contributed by atoms with Crippen molar-refractivity contribution < 1.29 is 39.6 Å². The normalized spacial score (nSPS) is 42.0. The fourth-order valence-corrected chi connectivity index (χ4v) is 20.7. The van der Waals surface area contributed by atoms with Crippen LogP contribution in [0.2, 0.25) is 0 Å². The fourth-order valence-electron chi connectivity index (χ4n) is 20.7. The van der Waals surface area contributed by atoms with Crippen LogP contribution in [0.15, 0.2) is 42.5 Å². The molecule has 2 aromatic rings. The molecule has 0 aromatic heterocycles. The second-order valence-electron chi connectivity index (χ2n) is 28.7. The van der Waals surface area contributed by atoms with Crippen LogP contribution in [0.4, 0.5) is 5.69 Å². The van der Waals surface area contributed by atoms with Gasteiger partial charge in [0.1, 0.15) is 0 Å². The van der Waals surface area contributed by atoms with Crippen LogP contribution in [0.3, 0.4) is 0 Å². The van der Waals surface area contributed by atoms with E-state index in [2.05, 4.69) is 74.9 Å². The van der Waals surface area contributed by atoms with Crippen LogP contribution in [0.25, 0.3) is 10.8 Å². The Morgan fingerprint density at radius 3 is 1.59 bits per heavy atom. The molecule has 22 atom stereocenters. The summed E-state index contributed by atoms with van der Waals surface area (Å²) in [7, 11) is 0. The highest BCUT2D eigenvalue weighted by Crippen LogP contribution is 2.70. The van der Waals surface area contributed by atoms with Gasteiger partial charge in [-0.3, -0.25) is 19.2 Å². The van der Waals surface area contributed by atoms with Crippen LogP contribution in [-0.4, -0.2) is 93.6 Å². The first-order valence-electron chi connectivity index (χ1n) is 31.8. The van der Waals surface area contributed by atoms with Gasteiger partial charge in [0.2, 0.25) is 23.6 Å². The number of carbonyl (C=O) groups excluding carboxylic acids is 4. The third-order valence-electron chi connectivity index (χ3n) is 25.1. The molecule has 10 N–H and O–H groups in total. The van der Waals surface area contributed by atoms with Crippen molar-refractivity contribution in [3.63, 3.8) is 0 Å². The van der Waals surface area contributed by atoms with Gasteiger partial charge in [-0.15, -0.1) is 0 Å². The van der Waals surface area contributed by atoms with E-state index in [4.69, 9.17) is 5.73 Å². The molecule has 13 nitrogen and oxygen atoms in total. The predicted octanol–water partition coefficient (Wildman–Crippen LogP) is 9.42. The maximum Gasteiger partial charge on any atom is 0.224 e. The molecule has 0 aliphatic heterocycles. The summed E-state index contributed by atoms with van der Waals surface area (Å²) in [5.74, 6) is 2.87. The minimum Gasteiger partial charge on any atom is -0.393 e. The molecule has 2 aromatic carbocycles. The number of fused-ring (bicyclic) bond motifs is 11. The third kappa shape index (κ3) is 11.0. The maximum atomic E-state index is 13.4. The van der Waals surface area contributed by atoms with Crippen LogP contribution in [0, 0.1) is 92.7 Å². The van der Waals surface area contributed by atoms with E-state index in [-0.39, 0.29) is 122 Å². The topological polar surface area (TPSA) is 223 Å². The summed E-state index contributed by atoms with van der Waals surface area (Å²) in [6.45, 7) is 14.8. The second kappa shape index (κ2) is 23.6. The van der Waals surface area contributed by atoms with Crippen LogP contribution in [0.5, 0.6) is 0 Å². The highest BCUT2D eigenvalue weighted by atomic mass is 16.3. The molecule has 79 heavy (non-hydrogen) atoms. The van der Waals surface area contributed by atoms with Crippen molar-refractivity contribution in [2.75, 3.05) is 18.4 Å². The molecular weight excluding hydrogens is 991 g/mol. The van der Waals surface area contributed by atoms with E-state index in [0.29, 0.717) is 70.4 Å². The molecule has 0 unspecified atom stereocenters. The molecular formula is C66H101N5O8. The molecule has 0 bridgehead atoms. The Morgan fingerprint density at radius 2 is 1.06 bits per heavy atom. The van der Waals surface area contributed by atoms with Gasteiger partial charge in [-0.25, -0.2) is 0 Å². The lowest BCUT2D eigenvalue weighted by atomic mass is 9.43. The van der Waals surface area contributed by atoms with Gasteiger partial charge in [0, 0.05) is 55.4 Å². The van der Waals surface area contributed by atoms with Gasteiger partial charge >= 0.3 is 0 Å². The Kier molecular flexibility index (Phi) is 17.5. The average Bonchev–Trinajstić information content (AvgIpc) is 4.17. The Morgan fingerprint density at radius 1 is 0.570 bits per heavy atom. The smallest absolute Gasteiger partial charge is 0.224 e. The third-order valence-corrected chi connectivity index (χ3v) is 25.1. The van der Waals surface area contributed by atoms with Crippen molar-refractivity contribution in [1.29, 1.82) is 0 Å². The lowest BCUT2D eigenvalue weighted by Gasteiger charge is -2.63. The van der Waals surface area contributed by atoms with E-state index in [1.165, 1.54) is 0 Å². The Balaban J connectivity index is 0.646. The molecule has 0 saturated heterocycles. The molecule has 8 fully saturated rings. The van der Waals surface area contributed by atoms with E-state index in [1.54, 1.807) is 0 Å². The Hall–Kier alpha value is -3.62. The standard InChI is InChI=1S/C66H101N5O8/c1-38(46-20-22-48-61-50(36-55(74)65(46,48)5)63(3)28-26-43(32-41(63)34-53(61)72)69-58(77)16-10-30-67)18-24-57(76)68-31-11-17-59(78)70-44-27-29-64(4)42(33-44)35-54(73)62-49-23-21-47(66(49,6)56(75)37-51(62)64)39(2)19-25-60(79)71-52-15-9-13-40-12-7-8-14-45(40)52/h7-9,12-15,38-39,41-44,46-51,53-56,61-62,72-75H,10-11,16-37,67H2,1-6H3,(H,68,76)(H,69,77)(H,70,78)(H,71,79)/t38-,39-,41+,42+,43-,44-,46-,47-,48+,49+,50+,51+,53-,54-,55+,56+,61+,62+,63+,64+,65-,66-/m1/s1. The number of hydrogen-bond donors (Lipinski definition) is 9. The van der Waals surface area contributed by atoms with Gasteiger partial charge in [0.25, 0.3) is 0 Å². The average molecular weight is 1090 g/mol. The van der Waals surface area contributed by atoms with E-state index in [1.807, 2.05) is 30.3 Å². The monoisotopic (exact) mass is 1090 g/mol. The van der Waals surface area contributed by atoms with Gasteiger partial charge in [-0.05, 0) is 226 Å². The first-order chi connectivity index (χ1) is 37.7. The summed E-state index contributed by atoms with van der Waals surface area (Å²) in [4.78, 5) is 52.6. The zero-order valence-corrected chi connectivity index (χ0v) is 48.9. The summed E-state index contributed by atoms with van der Waals surface area (Å²) >= 11 is 0. The number of benzene rings is 2. The van der Waals surface area contributed by atoms with Gasteiger partial charge in [-0.2, -0.15) is 0 Å². The molecule has 10 rings (SSSR count). The van der Waals surface area contributed by atoms with Crippen molar-refractivity contribution in [2.45, 2.75) is 219 Å². The van der Waals surface area contributed by atoms with E-state index < -0.39 is 24.4 Å². The molecule has 438 valence electrons. The van der Waals surface area contributed by atoms with Gasteiger partial charge in [0.05, 0.1) is 24.4 Å². The number of hydrogen-bond acceptors (Lipinski definition) is 9. The minimum atomic E-state index is -0.475. The highest BCUT2D eigenvalue weighted by Gasteiger charge is 2.67. The van der Waals surface area contributed by atoms with Crippen molar-refractivity contribution in [3.8, 4) is 0 Å². The van der Waals surface area contributed by atoms with Crippen molar-refractivity contribution in [1.82, 2.24) is 16.0 Å². The van der Waals surface area contributed by atoms with E-state index in [0.717, 1.165) is 106 Å². The molecule has 4 amide bonds. The van der Waals surface area contributed by atoms with Crippen molar-refractivity contribution in [3.05, 3.63) is 42.5 Å². The molecule has 0 spiro atoms. The summed E-state index contributed by atoms with van der Waals surface area (Å²) in [6.07, 6.45) is 14.8. The van der Waals surface area contributed by atoms with Crippen LogP contribution in [0.1, 0.15) is 183 Å². The maximum absolute atomic E-state index is 13.4. The lowest BCUT2D eigenvalue weighted by Crippen LogP contribution is -2.63. The number of amides is 4.